The third kappa shape index (κ3) is 5.23. The first-order valence-corrected chi connectivity index (χ1v) is 7.20. The molecule has 0 aromatic rings. The van der Waals surface area contributed by atoms with Crippen LogP contribution in [-0.4, -0.2) is 31.2 Å². The van der Waals surface area contributed by atoms with Crippen LogP contribution in [0.4, 0.5) is 4.79 Å². The summed E-state index contributed by atoms with van der Waals surface area (Å²) in [7, 11) is 1.53. The van der Waals surface area contributed by atoms with Gasteiger partial charge in [0.15, 0.2) is 0 Å². The van der Waals surface area contributed by atoms with E-state index in [1.807, 2.05) is 32.9 Å². The first-order valence-electron chi connectivity index (χ1n) is 7.20. The van der Waals surface area contributed by atoms with E-state index in [4.69, 9.17) is 4.74 Å². The monoisotopic (exact) mass is 282 g/mol. The predicted octanol–water partition coefficient (Wildman–Crippen LogP) is 2.37. The molecule has 0 aliphatic heterocycles. The van der Waals surface area contributed by atoms with Crippen LogP contribution in [0.25, 0.3) is 0 Å². The van der Waals surface area contributed by atoms with Crippen LogP contribution in [0, 0.1) is 5.41 Å². The van der Waals surface area contributed by atoms with Crippen molar-refractivity contribution in [3.63, 3.8) is 0 Å². The van der Waals surface area contributed by atoms with Crippen LogP contribution < -0.4 is 10.6 Å². The maximum Gasteiger partial charge on any atom is 0.407 e. The average Bonchev–Trinajstić information content (AvgIpc) is 2.35. The molecular formula is C15H26N2O3. The molecule has 0 saturated carbocycles. The molecule has 5 heteroatoms. The van der Waals surface area contributed by atoms with Crippen molar-refractivity contribution >= 4 is 12.0 Å². The van der Waals surface area contributed by atoms with Crippen LogP contribution in [0.3, 0.4) is 0 Å². The predicted molar refractivity (Wildman–Crippen MR) is 78.3 cm³/mol. The average molecular weight is 282 g/mol. The van der Waals surface area contributed by atoms with Crippen molar-refractivity contribution in [1.29, 1.82) is 0 Å². The molecule has 0 aromatic carbocycles. The standard InChI is InChI=1S/C15H26N2O3/c1-15(2,3)13(18)17-11-9-7-5-6-8-10-12(11)20-14(19)16-4/h8,10-12H,5-7,9H2,1-4H3,(H,16,19)(H,17,18)/b10-8+. The summed E-state index contributed by atoms with van der Waals surface area (Å²) >= 11 is 0. The highest BCUT2D eigenvalue weighted by molar-refractivity contribution is 5.81. The molecule has 20 heavy (non-hydrogen) atoms. The van der Waals surface area contributed by atoms with Gasteiger partial charge in [-0.25, -0.2) is 4.79 Å². The summed E-state index contributed by atoms with van der Waals surface area (Å²) in [6, 6.07) is -0.171. The Labute approximate surface area is 121 Å². The Bertz CT molecular complexity index is 372. The zero-order valence-corrected chi connectivity index (χ0v) is 12.9. The topological polar surface area (TPSA) is 67.4 Å². The van der Waals surface area contributed by atoms with Gasteiger partial charge < -0.3 is 15.4 Å². The quantitative estimate of drug-likeness (QED) is 0.764. The summed E-state index contributed by atoms with van der Waals surface area (Å²) in [6.07, 6.45) is 6.89. The molecule has 0 radical (unpaired) electrons. The van der Waals surface area contributed by atoms with Gasteiger partial charge in [-0.2, -0.15) is 0 Å². The molecule has 1 rings (SSSR count). The first-order chi connectivity index (χ1) is 9.34. The van der Waals surface area contributed by atoms with E-state index in [2.05, 4.69) is 10.6 Å². The second kappa shape index (κ2) is 7.31. The minimum Gasteiger partial charge on any atom is -0.440 e. The van der Waals surface area contributed by atoms with E-state index in [1.165, 1.54) is 7.05 Å². The highest BCUT2D eigenvalue weighted by Crippen LogP contribution is 2.19. The summed E-state index contributed by atoms with van der Waals surface area (Å²) in [4.78, 5) is 23.6. The van der Waals surface area contributed by atoms with Gasteiger partial charge in [-0.15, -0.1) is 0 Å². The normalized spacial score (nSPS) is 25.0. The van der Waals surface area contributed by atoms with Crippen LogP contribution >= 0.6 is 0 Å². The number of allylic oxidation sites excluding steroid dienone is 1. The van der Waals surface area contributed by atoms with Gasteiger partial charge in [-0.3, -0.25) is 4.79 Å². The number of alkyl carbamates (subject to hydrolysis) is 1. The minimum absolute atomic E-state index is 0.0259. The van der Waals surface area contributed by atoms with Crippen LogP contribution in [0.15, 0.2) is 12.2 Å². The number of amides is 2. The van der Waals surface area contributed by atoms with Gasteiger partial charge in [-0.05, 0) is 25.3 Å². The SMILES string of the molecule is CNC(=O)OC1/C=C/CCCCC1NC(=O)C(C)(C)C. The number of hydrogen-bond acceptors (Lipinski definition) is 3. The van der Waals surface area contributed by atoms with Gasteiger partial charge in [0.1, 0.15) is 6.10 Å². The van der Waals surface area contributed by atoms with E-state index >= 15 is 0 Å². The van der Waals surface area contributed by atoms with E-state index in [1.54, 1.807) is 0 Å². The molecule has 2 amide bonds. The summed E-state index contributed by atoms with van der Waals surface area (Å²) in [5.41, 5.74) is -0.455. The smallest absolute Gasteiger partial charge is 0.407 e. The highest BCUT2D eigenvalue weighted by atomic mass is 16.6. The fourth-order valence-electron chi connectivity index (χ4n) is 2.00. The molecule has 0 heterocycles. The summed E-state index contributed by atoms with van der Waals surface area (Å²) < 4.78 is 5.35. The number of rotatable bonds is 2. The van der Waals surface area contributed by atoms with E-state index < -0.39 is 17.6 Å². The van der Waals surface area contributed by atoms with Crippen molar-refractivity contribution in [1.82, 2.24) is 10.6 Å². The Balaban J connectivity index is 2.79. The lowest BCUT2D eigenvalue weighted by atomic mass is 9.93. The number of ether oxygens (including phenoxy) is 1. The van der Waals surface area contributed by atoms with Crippen molar-refractivity contribution in [2.24, 2.45) is 5.41 Å². The molecule has 0 saturated heterocycles. The van der Waals surface area contributed by atoms with Crippen LogP contribution in [0.2, 0.25) is 0 Å². The summed E-state index contributed by atoms with van der Waals surface area (Å²) in [5.74, 6) is -0.0259. The van der Waals surface area contributed by atoms with Crippen molar-refractivity contribution < 1.29 is 14.3 Å². The number of hydrogen-bond donors (Lipinski definition) is 2. The van der Waals surface area contributed by atoms with Gasteiger partial charge in [0.25, 0.3) is 0 Å². The summed E-state index contributed by atoms with van der Waals surface area (Å²) in [5, 5.41) is 5.46. The lowest BCUT2D eigenvalue weighted by molar-refractivity contribution is -0.130. The zero-order chi connectivity index (χ0) is 15.2. The summed E-state index contributed by atoms with van der Waals surface area (Å²) in [6.45, 7) is 5.61. The number of carbonyl (C=O) groups excluding carboxylic acids is 2. The van der Waals surface area contributed by atoms with Crippen molar-refractivity contribution in [3.05, 3.63) is 12.2 Å². The maximum absolute atomic E-state index is 12.1. The molecule has 0 spiro atoms. The maximum atomic E-state index is 12.1. The van der Waals surface area contributed by atoms with Gasteiger partial charge in [0.05, 0.1) is 6.04 Å². The van der Waals surface area contributed by atoms with E-state index in [9.17, 15) is 9.59 Å². The Morgan fingerprint density at radius 2 is 1.95 bits per heavy atom. The van der Waals surface area contributed by atoms with Crippen molar-refractivity contribution in [2.75, 3.05) is 7.05 Å². The highest BCUT2D eigenvalue weighted by Gasteiger charge is 2.29. The molecule has 2 unspecified atom stereocenters. The molecular weight excluding hydrogens is 256 g/mol. The molecule has 1 aliphatic rings. The third-order valence-electron chi connectivity index (χ3n) is 3.30. The first kappa shape index (κ1) is 16.5. The minimum atomic E-state index is -0.477. The molecule has 114 valence electrons. The second-order valence-corrected chi connectivity index (χ2v) is 6.16. The van der Waals surface area contributed by atoms with E-state index in [0.29, 0.717) is 0 Å². The van der Waals surface area contributed by atoms with Gasteiger partial charge in [0, 0.05) is 12.5 Å². The third-order valence-corrected chi connectivity index (χ3v) is 3.30. The lowest BCUT2D eigenvalue weighted by Crippen LogP contribution is -2.49. The number of carbonyl (C=O) groups is 2. The largest absolute Gasteiger partial charge is 0.440 e. The molecule has 5 nitrogen and oxygen atoms in total. The molecule has 0 aromatic heterocycles. The fourth-order valence-corrected chi connectivity index (χ4v) is 2.00. The van der Waals surface area contributed by atoms with Crippen LogP contribution in [0.5, 0.6) is 0 Å². The Hall–Kier alpha value is -1.52. The molecule has 2 N–H and O–H groups in total. The Morgan fingerprint density at radius 3 is 2.55 bits per heavy atom. The van der Waals surface area contributed by atoms with Crippen molar-refractivity contribution in [3.8, 4) is 0 Å². The Morgan fingerprint density at radius 1 is 1.25 bits per heavy atom. The van der Waals surface area contributed by atoms with Crippen molar-refractivity contribution in [2.45, 2.75) is 58.6 Å². The second-order valence-electron chi connectivity index (χ2n) is 6.16. The number of nitrogens with one attached hydrogen (secondary N) is 2. The lowest BCUT2D eigenvalue weighted by Gasteiger charge is -2.29. The molecule has 2 atom stereocenters. The van der Waals surface area contributed by atoms with Gasteiger partial charge in [-0.1, -0.05) is 33.3 Å². The molecule has 0 fully saturated rings. The van der Waals surface area contributed by atoms with E-state index in [0.717, 1.165) is 25.7 Å². The van der Waals surface area contributed by atoms with E-state index in [-0.39, 0.29) is 11.9 Å². The van der Waals surface area contributed by atoms with Crippen LogP contribution in [0.1, 0.15) is 46.5 Å². The fraction of sp³-hybridized carbons (Fsp3) is 0.733. The molecule has 0 bridgehead atoms. The van der Waals surface area contributed by atoms with Crippen LogP contribution in [-0.2, 0) is 9.53 Å². The Kier molecular flexibility index (Phi) is 6.05. The van der Waals surface area contributed by atoms with Gasteiger partial charge in [0.2, 0.25) is 5.91 Å². The van der Waals surface area contributed by atoms with Gasteiger partial charge >= 0.3 is 6.09 Å². The zero-order valence-electron chi connectivity index (χ0n) is 12.9. The molecule has 1 aliphatic carbocycles.